The Hall–Kier alpha value is -2.34. The van der Waals surface area contributed by atoms with Gasteiger partial charge in [-0.05, 0) is 32.4 Å². The number of fused-ring (bicyclic) bond motifs is 1. The van der Waals surface area contributed by atoms with Crippen LogP contribution in [0.25, 0.3) is 10.9 Å². The SMILES string of the molecule is COCCCNC(=O)c1cn(C(C)C)c2cccc(N)c2c1=O. The van der Waals surface area contributed by atoms with E-state index in [1.54, 1.807) is 25.4 Å². The van der Waals surface area contributed by atoms with E-state index in [-0.39, 0.29) is 22.9 Å². The molecular weight excluding hydrogens is 294 g/mol. The second-order valence-electron chi connectivity index (χ2n) is 5.72. The highest BCUT2D eigenvalue weighted by molar-refractivity contribution is 6.00. The summed E-state index contributed by atoms with van der Waals surface area (Å²) in [5, 5.41) is 3.15. The predicted octanol–water partition coefficient (Wildman–Crippen LogP) is 1.93. The number of aromatic nitrogens is 1. The van der Waals surface area contributed by atoms with Crippen molar-refractivity contribution in [2.45, 2.75) is 26.3 Å². The highest BCUT2D eigenvalue weighted by Crippen LogP contribution is 2.21. The normalized spacial score (nSPS) is 11.1. The zero-order valence-corrected chi connectivity index (χ0v) is 13.8. The average molecular weight is 317 g/mol. The first-order valence-electron chi connectivity index (χ1n) is 7.67. The van der Waals surface area contributed by atoms with E-state index in [1.165, 1.54) is 0 Å². The minimum Gasteiger partial charge on any atom is -0.398 e. The van der Waals surface area contributed by atoms with Crippen LogP contribution >= 0.6 is 0 Å². The summed E-state index contributed by atoms with van der Waals surface area (Å²) in [5.41, 5.74) is 6.87. The second-order valence-corrected chi connectivity index (χ2v) is 5.72. The Morgan fingerprint density at radius 2 is 2.13 bits per heavy atom. The van der Waals surface area contributed by atoms with E-state index in [0.29, 0.717) is 30.6 Å². The van der Waals surface area contributed by atoms with Crippen LogP contribution in [0, 0.1) is 0 Å². The van der Waals surface area contributed by atoms with E-state index < -0.39 is 0 Å². The van der Waals surface area contributed by atoms with Crippen molar-refractivity contribution >= 4 is 22.5 Å². The Morgan fingerprint density at radius 1 is 1.39 bits per heavy atom. The van der Waals surface area contributed by atoms with E-state index in [0.717, 1.165) is 5.52 Å². The molecule has 6 nitrogen and oxygen atoms in total. The Labute approximate surface area is 135 Å². The molecule has 0 fully saturated rings. The van der Waals surface area contributed by atoms with E-state index >= 15 is 0 Å². The maximum Gasteiger partial charge on any atom is 0.256 e. The summed E-state index contributed by atoms with van der Waals surface area (Å²) in [6, 6.07) is 5.42. The second kappa shape index (κ2) is 7.28. The number of carbonyl (C=O) groups excluding carboxylic acids is 1. The number of carbonyl (C=O) groups is 1. The van der Waals surface area contributed by atoms with Gasteiger partial charge in [0.05, 0.1) is 10.9 Å². The van der Waals surface area contributed by atoms with Crippen molar-refractivity contribution in [1.82, 2.24) is 9.88 Å². The predicted molar refractivity (Wildman–Crippen MR) is 91.8 cm³/mol. The standard InChI is InChI=1S/C17H23N3O3/c1-11(2)20-10-12(17(22)19-8-5-9-23-3)16(21)15-13(18)6-4-7-14(15)20/h4,6-7,10-11H,5,8-9,18H2,1-3H3,(H,19,22). The van der Waals surface area contributed by atoms with Gasteiger partial charge in [0.15, 0.2) is 0 Å². The molecule has 0 unspecified atom stereocenters. The number of nitrogens with two attached hydrogens (primary N) is 1. The van der Waals surface area contributed by atoms with E-state index in [1.807, 2.05) is 24.5 Å². The Kier molecular flexibility index (Phi) is 5.39. The number of amides is 1. The van der Waals surface area contributed by atoms with Crippen LogP contribution in [0.3, 0.4) is 0 Å². The van der Waals surface area contributed by atoms with Crippen molar-refractivity contribution in [3.05, 3.63) is 40.2 Å². The quantitative estimate of drug-likeness (QED) is 0.629. The number of pyridine rings is 1. The molecule has 0 bridgehead atoms. The lowest BCUT2D eigenvalue weighted by Crippen LogP contribution is -2.31. The maximum atomic E-state index is 12.7. The molecule has 3 N–H and O–H groups in total. The minimum absolute atomic E-state index is 0.0972. The molecule has 23 heavy (non-hydrogen) atoms. The van der Waals surface area contributed by atoms with Gasteiger partial charge >= 0.3 is 0 Å². The number of hydrogen-bond acceptors (Lipinski definition) is 4. The molecule has 0 spiro atoms. The lowest BCUT2D eigenvalue weighted by atomic mass is 10.1. The Balaban J connectivity index is 2.48. The van der Waals surface area contributed by atoms with Gasteiger partial charge in [-0.3, -0.25) is 9.59 Å². The van der Waals surface area contributed by atoms with Gasteiger partial charge in [-0.2, -0.15) is 0 Å². The van der Waals surface area contributed by atoms with E-state index in [2.05, 4.69) is 5.32 Å². The fourth-order valence-corrected chi connectivity index (χ4v) is 2.52. The van der Waals surface area contributed by atoms with Crippen LogP contribution in [0.1, 0.15) is 36.7 Å². The fourth-order valence-electron chi connectivity index (χ4n) is 2.52. The maximum absolute atomic E-state index is 12.7. The third-order valence-corrected chi connectivity index (χ3v) is 3.70. The van der Waals surface area contributed by atoms with Crippen LogP contribution in [0.2, 0.25) is 0 Å². The molecule has 6 heteroatoms. The first-order chi connectivity index (χ1) is 11.0. The lowest BCUT2D eigenvalue weighted by molar-refractivity contribution is 0.0947. The van der Waals surface area contributed by atoms with Gasteiger partial charge in [0.1, 0.15) is 5.56 Å². The molecule has 124 valence electrons. The molecule has 1 aromatic heterocycles. The molecular formula is C17H23N3O3. The molecule has 1 amide bonds. The van der Waals surface area contributed by atoms with Crippen LogP contribution in [-0.4, -0.2) is 30.7 Å². The highest BCUT2D eigenvalue weighted by Gasteiger charge is 2.17. The van der Waals surface area contributed by atoms with Crippen LogP contribution in [-0.2, 0) is 4.74 Å². The average Bonchev–Trinajstić information content (AvgIpc) is 2.51. The molecule has 1 heterocycles. The van der Waals surface area contributed by atoms with E-state index in [4.69, 9.17) is 10.5 Å². The van der Waals surface area contributed by atoms with Gasteiger partial charge in [-0.1, -0.05) is 6.07 Å². The molecule has 0 saturated carbocycles. The van der Waals surface area contributed by atoms with Crippen molar-refractivity contribution in [2.24, 2.45) is 0 Å². The summed E-state index contributed by atoms with van der Waals surface area (Å²) >= 11 is 0. The smallest absolute Gasteiger partial charge is 0.256 e. The third kappa shape index (κ3) is 3.53. The molecule has 0 radical (unpaired) electrons. The van der Waals surface area contributed by atoms with Crippen LogP contribution in [0.15, 0.2) is 29.2 Å². The summed E-state index contributed by atoms with van der Waals surface area (Å²) in [6.07, 6.45) is 2.30. The topological polar surface area (TPSA) is 86.3 Å². The number of ether oxygens (including phenoxy) is 1. The number of benzene rings is 1. The summed E-state index contributed by atoms with van der Waals surface area (Å²) in [4.78, 5) is 25.0. The molecule has 0 aliphatic rings. The van der Waals surface area contributed by atoms with Crippen LogP contribution in [0.4, 0.5) is 5.69 Å². The van der Waals surface area contributed by atoms with Crippen LogP contribution in [0.5, 0.6) is 0 Å². The Bertz CT molecular complexity index is 766. The number of rotatable bonds is 6. The van der Waals surface area contributed by atoms with Crippen molar-refractivity contribution in [3.8, 4) is 0 Å². The van der Waals surface area contributed by atoms with Crippen molar-refractivity contribution in [2.75, 3.05) is 26.0 Å². The van der Waals surface area contributed by atoms with Crippen molar-refractivity contribution < 1.29 is 9.53 Å². The number of nitrogen functional groups attached to an aromatic ring is 1. The lowest BCUT2D eigenvalue weighted by Gasteiger charge is -2.17. The number of anilines is 1. The van der Waals surface area contributed by atoms with Gasteiger partial charge in [0, 0.05) is 38.2 Å². The molecule has 0 atom stereocenters. The van der Waals surface area contributed by atoms with Gasteiger partial charge in [-0.25, -0.2) is 0 Å². The number of nitrogens with zero attached hydrogens (tertiary/aromatic N) is 1. The summed E-state index contributed by atoms with van der Waals surface area (Å²) in [6.45, 7) is 5.00. The zero-order valence-electron chi connectivity index (χ0n) is 13.8. The van der Waals surface area contributed by atoms with Crippen molar-refractivity contribution in [3.63, 3.8) is 0 Å². The number of hydrogen-bond donors (Lipinski definition) is 2. The highest BCUT2D eigenvalue weighted by atomic mass is 16.5. The summed E-state index contributed by atoms with van der Waals surface area (Å²) in [5.74, 6) is -0.384. The summed E-state index contributed by atoms with van der Waals surface area (Å²) in [7, 11) is 1.61. The molecule has 1 aromatic carbocycles. The monoisotopic (exact) mass is 317 g/mol. The summed E-state index contributed by atoms with van der Waals surface area (Å²) < 4.78 is 6.84. The van der Waals surface area contributed by atoms with Crippen molar-refractivity contribution in [1.29, 1.82) is 0 Å². The van der Waals surface area contributed by atoms with Gasteiger partial charge in [-0.15, -0.1) is 0 Å². The molecule has 2 aromatic rings. The van der Waals surface area contributed by atoms with Crippen LogP contribution < -0.4 is 16.5 Å². The number of methoxy groups -OCH3 is 1. The molecule has 0 aliphatic heterocycles. The number of nitrogens with one attached hydrogen (secondary N) is 1. The van der Waals surface area contributed by atoms with E-state index in [9.17, 15) is 9.59 Å². The largest absolute Gasteiger partial charge is 0.398 e. The Morgan fingerprint density at radius 3 is 2.78 bits per heavy atom. The van der Waals surface area contributed by atoms with Gasteiger partial charge in [0.2, 0.25) is 5.43 Å². The molecule has 0 aliphatic carbocycles. The first-order valence-corrected chi connectivity index (χ1v) is 7.67. The zero-order chi connectivity index (χ0) is 17.0. The van der Waals surface area contributed by atoms with Gasteiger partial charge in [0.25, 0.3) is 5.91 Å². The molecule has 2 rings (SSSR count). The minimum atomic E-state index is -0.384. The van der Waals surface area contributed by atoms with Gasteiger partial charge < -0.3 is 20.4 Å². The fraction of sp³-hybridized carbons (Fsp3) is 0.412. The third-order valence-electron chi connectivity index (χ3n) is 3.70. The first kappa shape index (κ1) is 17.0. The molecule has 0 saturated heterocycles.